The van der Waals surface area contributed by atoms with Crippen molar-refractivity contribution in [3.8, 4) is 0 Å². The minimum Gasteiger partial charge on any atom is -0.466 e. The largest absolute Gasteiger partial charge is 0.466 e. The number of halogens is 3. The number of methoxy groups -OCH3 is 3. The molecule has 0 bridgehead atoms. The van der Waals surface area contributed by atoms with Gasteiger partial charge in [-0.15, -0.1) is 0 Å². The molecule has 1 aromatic rings. The van der Waals surface area contributed by atoms with Crippen molar-refractivity contribution in [2.45, 2.75) is 25.9 Å². The lowest BCUT2D eigenvalue weighted by molar-refractivity contribution is -0.139. The second-order valence-electron chi connectivity index (χ2n) is 7.33. The molecule has 0 spiro atoms. The van der Waals surface area contributed by atoms with Gasteiger partial charge in [0.2, 0.25) is 0 Å². The maximum Gasteiger partial charge on any atom is 0.416 e. The van der Waals surface area contributed by atoms with Gasteiger partial charge in [0.15, 0.2) is 0 Å². The van der Waals surface area contributed by atoms with Crippen LogP contribution in [0.3, 0.4) is 0 Å². The summed E-state index contributed by atoms with van der Waals surface area (Å²) >= 11 is 0. The van der Waals surface area contributed by atoms with Crippen LogP contribution in [-0.2, 0) is 38.8 Å². The SMILES string of the molecule is COCCOP(=O)(OCCOC)C1=C(C)NC(C)=C(C(=O)OC)C1c1ccccc1C(F)(F)F. The van der Waals surface area contributed by atoms with Gasteiger partial charge >= 0.3 is 19.7 Å². The van der Waals surface area contributed by atoms with Crippen molar-refractivity contribution >= 4 is 13.6 Å². The van der Waals surface area contributed by atoms with Crippen molar-refractivity contribution < 1.29 is 45.8 Å². The van der Waals surface area contributed by atoms with Gasteiger partial charge in [0, 0.05) is 25.6 Å². The number of nitrogens with one attached hydrogen (secondary N) is 1. The molecule has 0 fully saturated rings. The Balaban J connectivity index is 2.80. The molecule has 1 atom stereocenters. The molecule has 0 radical (unpaired) electrons. The highest BCUT2D eigenvalue weighted by Gasteiger charge is 2.47. The third-order valence-electron chi connectivity index (χ3n) is 5.10. The Bertz CT molecular complexity index is 977. The van der Waals surface area contributed by atoms with Crippen LogP contribution in [0.2, 0.25) is 0 Å². The topological polar surface area (TPSA) is 92.3 Å². The maximum atomic E-state index is 14.1. The molecule has 8 nitrogen and oxygen atoms in total. The minimum atomic E-state index is -4.74. The van der Waals surface area contributed by atoms with Crippen molar-refractivity contribution in [3.63, 3.8) is 0 Å². The van der Waals surface area contributed by atoms with Crippen LogP contribution < -0.4 is 5.32 Å². The standard InChI is InChI=1S/C22H29F3NO7P/c1-14-18(21(27)31-5)19(16-8-6-7-9-17(16)22(23,24)25)20(15(2)26-14)34(28,32-12-10-29-3)33-13-11-30-4/h6-9,19,26H,10-13H2,1-5H3. The van der Waals surface area contributed by atoms with Gasteiger partial charge in [0.25, 0.3) is 0 Å². The van der Waals surface area contributed by atoms with E-state index in [0.29, 0.717) is 0 Å². The normalized spacial score (nSPS) is 17.1. The molecule has 0 aliphatic carbocycles. The highest BCUT2D eigenvalue weighted by Crippen LogP contribution is 2.64. The van der Waals surface area contributed by atoms with E-state index in [4.69, 9.17) is 23.3 Å². The molecule has 1 N–H and O–H groups in total. The molecule has 0 amide bonds. The summed E-state index contributed by atoms with van der Waals surface area (Å²) in [6.07, 6.45) is -4.74. The zero-order valence-electron chi connectivity index (χ0n) is 19.7. The first kappa shape index (κ1) is 28.1. The molecule has 1 aliphatic heterocycles. The third-order valence-corrected chi connectivity index (χ3v) is 7.33. The van der Waals surface area contributed by atoms with Crippen LogP contribution in [0.15, 0.2) is 46.5 Å². The fourth-order valence-corrected chi connectivity index (χ4v) is 5.73. The average Bonchev–Trinajstić information content (AvgIpc) is 2.77. The summed E-state index contributed by atoms with van der Waals surface area (Å²) in [5.41, 5.74) is -0.898. The molecular formula is C22H29F3NO7P. The highest BCUT2D eigenvalue weighted by atomic mass is 31.2. The van der Waals surface area contributed by atoms with E-state index in [1.807, 2.05) is 0 Å². The van der Waals surface area contributed by atoms with Crippen molar-refractivity contribution in [2.24, 2.45) is 0 Å². The fraction of sp³-hybridized carbons (Fsp3) is 0.500. The molecule has 34 heavy (non-hydrogen) atoms. The van der Waals surface area contributed by atoms with Gasteiger partial charge in [-0.1, -0.05) is 18.2 Å². The van der Waals surface area contributed by atoms with Crippen LogP contribution in [0, 0.1) is 0 Å². The van der Waals surface area contributed by atoms with E-state index in [1.54, 1.807) is 0 Å². The quantitative estimate of drug-likeness (QED) is 0.264. The second-order valence-corrected chi connectivity index (χ2v) is 9.33. The predicted octanol–water partition coefficient (Wildman–Crippen LogP) is 4.59. The molecule has 12 heteroatoms. The second kappa shape index (κ2) is 12.0. The first-order chi connectivity index (χ1) is 16.0. The highest BCUT2D eigenvalue weighted by molar-refractivity contribution is 7.58. The number of carbonyl (C=O) groups is 1. The van der Waals surface area contributed by atoms with Crippen molar-refractivity contribution in [1.29, 1.82) is 0 Å². The van der Waals surface area contributed by atoms with Crippen LogP contribution in [0.5, 0.6) is 0 Å². The Morgan fingerprint density at radius 3 is 2.03 bits per heavy atom. The minimum absolute atomic E-state index is 0.0555. The van der Waals surface area contributed by atoms with E-state index < -0.39 is 31.2 Å². The number of alkyl halides is 3. The molecule has 0 saturated carbocycles. The summed E-state index contributed by atoms with van der Waals surface area (Å²) in [5.74, 6) is -2.29. The van der Waals surface area contributed by atoms with Crippen LogP contribution in [0.4, 0.5) is 13.2 Å². The number of allylic oxidation sites excluding steroid dienone is 3. The number of carbonyl (C=O) groups excluding carboxylic acids is 1. The lowest BCUT2D eigenvalue weighted by Gasteiger charge is -2.35. The van der Waals surface area contributed by atoms with E-state index in [0.717, 1.165) is 13.2 Å². The number of rotatable bonds is 11. The molecule has 1 heterocycles. The van der Waals surface area contributed by atoms with E-state index in [-0.39, 0.29) is 54.3 Å². The van der Waals surface area contributed by atoms with Crippen LogP contribution >= 0.6 is 7.60 Å². The van der Waals surface area contributed by atoms with Crippen LogP contribution in [-0.4, -0.2) is 53.7 Å². The number of hydrogen-bond acceptors (Lipinski definition) is 8. The summed E-state index contributed by atoms with van der Waals surface area (Å²) in [4.78, 5) is 12.8. The summed E-state index contributed by atoms with van der Waals surface area (Å²) in [7, 11) is -0.329. The smallest absolute Gasteiger partial charge is 0.416 e. The number of dihydropyridines is 1. The molecule has 1 aliphatic rings. The van der Waals surface area contributed by atoms with Gasteiger partial charge in [-0.05, 0) is 25.5 Å². The average molecular weight is 507 g/mol. The molecule has 1 unspecified atom stereocenters. The van der Waals surface area contributed by atoms with E-state index >= 15 is 0 Å². The first-order valence-electron chi connectivity index (χ1n) is 10.3. The van der Waals surface area contributed by atoms with Gasteiger partial charge in [0.1, 0.15) is 0 Å². The number of esters is 1. The maximum absolute atomic E-state index is 14.1. The van der Waals surface area contributed by atoms with Gasteiger partial charge in [0.05, 0.1) is 55.9 Å². The Morgan fingerprint density at radius 1 is 0.971 bits per heavy atom. The van der Waals surface area contributed by atoms with Gasteiger partial charge < -0.3 is 28.6 Å². The summed E-state index contributed by atoms with van der Waals surface area (Å²) in [6.45, 7) is 2.84. The molecule has 0 aromatic heterocycles. The van der Waals surface area contributed by atoms with Crippen molar-refractivity contribution in [2.75, 3.05) is 47.8 Å². The Hall–Kier alpha value is -2.17. The van der Waals surface area contributed by atoms with E-state index in [1.165, 1.54) is 46.3 Å². The summed E-state index contributed by atoms with van der Waals surface area (Å²) in [5, 5.41) is 2.80. The summed E-state index contributed by atoms with van der Waals surface area (Å²) in [6, 6.07) is 4.78. The molecule has 0 saturated heterocycles. The fourth-order valence-electron chi connectivity index (χ4n) is 3.69. The van der Waals surface area contributed by atoms with Crippen LogP contribution in [0.25, 0.3) is 0 Å². The Kier molecular flexibility index (Phi) is 9.90. The van der Waals surface area contributed by atoms with Crippen molar-refractivity contribution in [3.05, 3.63) is 57.7 Å². The Morgan fingerprint density at radius 2 is 1.53 bits per heavy atom. The molecular weight excluding hydrogens is 478 g/mol. The van der Waals surface area contributed by atoms with Crippen molar-refractivity contribution in [1.82, 2.24) is 5.32 Å². The number of ether oxygens (including phenoxy) is 3. The van der Waals surface area contributed by atoms with E-state index in [9.17, 15) is 22.5 Å². The number of hydrogen-bond donors (Lipinski definition) is 1. The monoisotopic (exact) mass is 507 g/mol. The first-order valence-corrected chi connectivity index (χ1v) is 11.9. The Labute approximate surface area is 196 Å². The van der Waals surface area contributed by atoms with E-state index in [2.05, 4.69) is 5.32 Å². The molecule has 2 rings (SSSR count). The van der Waals surface area contributed by atoms with Crippen LogP contribution in [0.1, 0.15) is 30.9 Å². The molecule has 1 aromatic carbocycles. The van der Waals surface area contributed by atoms with Gasteiger partial charge in [-0.3, -0.25) is 4.57 Å². The third kappa shape index (κ3) is 6.28. The lowest BCUT2D eigenvalue weighted by atomic mass is 9.84. The number of benzene rings is 1. The lowest BCUT2D eigenvalue weighted by Crippen LogP contribution is -2.30. The summed E-state index contributed by atoms with van der Waals surface area (Å²) < 4.78 is 82.1. The zero-order chi connectivity index (χ0) is 25.5. The zero-order valence-corrected chi connectivity index (χ0v) is 20.5. The van der Waals surface area contributed by atoms with Gasteiger partial charge in [-0.2, -0.15) is 13.2 Å². The molecule has 190 valence electrons. The predicted molar refractivity (Wildman–Crippen MR) is 118 cm³/mol. The van der Waals surface area contributed by atoms with Gasteiger partial charge in [-0.25, -0.2) is 4.79 Å².